The second kappa shape index (κ2) is 3.97. The molecule has 13 heavy (non-hydrogen) atoms. The zero-order valence-corrected chi connectivity index (χ0v) is 8.83. The Morgan fingerprint density at radius 2 is 1.85 bits per heavy atom. The third-order valence-electron chi connectivity index (χ3n) is 3.50. The summed E-state index contributed by atoms with van der Waals surface area (Å²) in [5, 5.41) is 0. The highest BCUT2D eigenvalue weighted by molar-refractivity contribution is 4.80. The largest absolute Gasteiger partial charge is 0.372 e. The van der Waals surface area contributed by atoms with Crippen LogP contribution < -0.4 is 0 Å². The van der Waals surface area contributed by atoms with Crippen LogP contribution in [0.1, 0.15) is 32.6 Å². The molecule has 0 bridgehead atoms. The van der Waals surface area contributed by atoms with E-state index in [-0.39, 0.29) is 0 Å². The van der Waals surface area contributed by atoms with Crippen molar-refractivity contribution in [1.29, 1.82) is 0 Å². The molecule has 1 heterocycles. The normalized spacial score (nSPS) is 39.5. The van der Waals surface area contributed by atoms with Crippen LogP contribution in [0.25, 0.3) is 0 Å². The quantitative estimate of drug-likeness (QED) is 0.621. The summed E-state index contributed by atoms with van der Waals surface area (Å²) in [7, 11) is 2.25. The summed E-state index contributed by atoms with van der Waals surface area (Å²) in [6.45, 7) is 4.52. The van der Waals surface area contributed by atoms with Gasteiger partial charge < -0.3 is 9.64 Å². The van der Waals surface area contributed by atoms with Crippen molar-refractivity contribution in [2.45, 2.75) is 44.8 Å². The molecule has 2 rings (SSSR count). The number of rotatable bonds is 3. The van der Waals surface area contributed by atoms with Gasteiger partial charge in [-0.3, -0.25) is 0 Å². The lowest BCUT2D eigenvalue weighted by Gasteiger charge is -2.33. The standard InChI is InChI=1S/C11H21NO/c1-9-3-5-10(6-4-9)12(2)7-11-8-13-11/h9-11H,3-8H2,1-2H3. The lowest BCUT2D eigenvalue weighted by molar-refractivity contribution is 0.159. The summed E-state index contributed by atoms with van der Waals surface area (Å²) in [4.78, 5) is 2.50. The van der Waals surface area contributed by atoms with Crippen LogP contribution in [0.2, 0.25) is 0 Å². The maximum Gasteiger partial charge on any atom is 0.0936 e. The lowest BCUT2D eigenvalue weighted by Crippen LogP contribution is -2.37. The van der Waals surface area contributed by atoms with Crippen LogP contribution >= 0.6 is 0 Å². The smallest absolute Gasteiger partial charge is 0.0936 e. The highest BCUT2D eigenvalue weighted by atomic mass is 16.6. The predicted molar refractivity (Wildman–Crippen MR) is 53.8 cm³/mol. The number of epoxide rings is 1. The Balaban J connectivity index is 1.72. The molecule has 0 spiro atoms. The lowest BCUT2D eigenvalue weighted by atomic mass is 9.87. The molecule has 76 valence electrons. The van der Waals surface area contributed by atoms with Crippen molar-refractivity contribution in [1.82, 2.24) is 4.90 Å². The summed E-state index contributed by atoms with van der Waals surface area (Å²) in [6, 6.07) is 0.834. The molecular weight excluding hydrogens is 162 g/mol. The summed E-state index contributed by atoms with van der Waals surface area (Å²) in [6.07, 6.45) is 6.18. The van der Waals surface area contributed by atoms with Gasteiger partial charge in [-0.25, -0.2) is 0 Å². The number of ether oxygens (including phenoxy) is 1. The summed E-state index contributed by atoms with van der Waals surface area (Å²) in [5.74, 6) is 0.960. The molecule has 0 aromatic rings. The van der Waals surface area contributed by atoms with E-state index < -0.39 is 0 Å². The molecule has 1 aliphatic heterocycles. The fourth-order valence-electron chi connectivity index (χ4n) is 2.33. The third kappa shape index (κ3) is 2.68. The van der Waals surface area contributed by atoms with E-state index >= 15 is 0 Å². The molecule has 1 saturated carbocycles. The van der Waals surface area contributed by atoms with Gasteiger partial charge in [0.15, 0.2) is 0 Å². The first-order chi connectivity index (χ1) is 6.25. The topological polar surface area (TPSA) is 15.8 Å². The third-order valence-corrected chi connectivity index (χ3v) is 3.50. The number of likely N-dealkylation sites (N-methyl/N-ethyl adjacent to an activating group) is 1. The monoisotopic (exact) mass is 183 g/mol. The fourth-order valence-corrected chi connectivity index (χ4v) is 2.33. The van der Waals surface area contributed by atoms with E-state index in [1.165, 1.54) is 25.7 Å². The molecule has 2 nitrogen and oxygen atoms in total. The summed E-state index contributed by atoms with van der Waals surface area (Å²) >= 11 is 0. The Morgan fingerprint density at radius 1 is 1.23 bits per heavy atom. The second-order valence-corrected chi connectivity index (χ2v) is 4.81. The summed E-state index contributed by atoms with van der Waals surface area (Å²) in [5.41, 5.74) is 0. The molecule has 2 heteroatoms. The zero-order valence-electron chi connectivity index (χ0n) is 8.83. The first-order valence-electron chi connectivity index (χ1n) is 5.57. The molecule has 1 aliphatic carbocycles. The highest BCUT2D eigenvalue weighted by Gasteiger charge is 2.28. The second-order valence-electron chi connectivity index (χ2n) is 4.81. The Bertz CT molecular complexity index is 159. The van der Waals surface area contributed by atoms with E-state index in [0.29, 0.717) is 6.10 Å². The van der Waals surface area contributed by atoms with E-state index in [1.54, 1.807) is 0 Å². The van der Waals surface area contributed by atoms with E-state index in [2.05, 4.69) is 18.9 Å². The summed E-state index contributed by atoms with van der Waals surface area (Å²) < 4.78 is 5.25. The predicted octanol–water partition coefficient (Wildman–Crippen LogP) is 1.90. The van der Waals surface area contributed by atoms with Crippen LogP contribution in [-0.4, -0.2) is 37.2 Å². The van der Waals surface area contributed by atoms with Crippen molar-refractivity contribution < 1.29 is 4.74 Å². The van der Waals surface area contributed by atoms with Crippen LogP contribution in [0.15, 0.2) is 0 Å². The van der Waals surface area contributed by atoms with Crippen LogP contribution in [0.3, 0.4) is 0 Å². The molecule has 0 N–H and O–H groups in total. The van der Waals surface area contributed by atoms with Gasteiger partial charge in [-0.05, 0) is 38.6 Å². The number of hydrogen-bond acceptors (Lipinski definition) is 2. The SMILES string of the molecule is CC1CCC(N(C)CC2CO2)CC1. The van der Waals surface area contributed by atoms with Crippen molar-refractivity contribution in [3.8, 4) is 0 Å². The average molecular weight is 183 g/mol. The minimum Gasteiger partial charge on any atom is -0.372 e. The molecular formula is C11H21NO. The Kier molecular flexibility index (Phi) is 2.89. The first kappa shape index (κ1) is 9.47. The average Bonchev–Trinajstić information content (AvgIpc) is 2.89. The molecule has 2 fully saturated rings. The zero-order chi connectivity index (χ0) is 9.26. The van der Waals surface area contributed by atoms with E-state index in [9.17, 15) is 0 Å². The van der Waals surface area contributed by atoms with Gasteiger partial charge in [0.25, 0.3) is 0 Å². The van der Waals surface area contributed by atoms with Gasteiger partial charge >= 0.3 is 0 Å². The first-order valence-corrected chi connectivity index (χ1v) is 5.57. The van der Waals surface area contributed by atoms with E-state index in [0.717, 1.165) is 25.1 Å². The Hall–Kier alpha value is -0.0800. The Morgan fingerprint density at radius 3 is 2.38 bits per heavy atom. The molecule has 0 aromatic carbocycles. The van der Waals surface area contributed by atoms with Gasteiger partial charge in [-0.15, -0.1) is 0 Å². The van der Waals surface area contributed by atoms with Gasteiger partial charge in [-0.2, -0.15) is 0 Å². The van der Waals surface area contributed by atoms with Gasteiger partial charge in [0.2, 0.25) is 0 Å². The van der Waals surface area contributed by atoms with Crippen LogP contribution in [0, 0.1) is 5.92 Å². The Labute approximate surface area is 81.3 Å². The molecule has 1 unspecified atom stereocenters. The van der Waals surface area contributed by atoms with E-state index in [1.807, 2.05) is 0 Å². The van der Waals surface area contributed by atoms with Crippen molar-refractivity contribution in [2.24, 2.45) is 5.92 Å². The van der Waals surface area contributed by atoms with Crippen LogP contribution in [0.4, 0.5) is 0 Å². The molecule has 1 atom stereocenters. The molecule has 2 aliphatic rings. The van der Waals surface area contributed by atoms with Crippen LogP contribution in [-0.2, 0) is 4.74 Å². The van der Waals surface area contributed by atoms with Gasteiger partial charge in [-0.1, -0.05) is 6.92 Å². The van der Waals surface area contributed by atoms with Crippen molar-refractivity contribution in [3.63, 3.8) is 0 Å². The fraction of sp³-hybridized carbons (Fsp3) is 1.00. The minimum absolute atomic E-state index is 0.560. The number of hydrogen-bond donors (Lipinski definition) is 0. The minimum atomic E-state index is 0.560. The van der Waals surface area contributed by atoms with Gasteiger partial charge in [0, 0.05) is 12.6 Å². The van der Waals surface area contributed by atoms with E-state index in [4.69, 9.17) is 4.74 Å². The molecule has 0 aromatic heterocycles. The molecule has 1 saturated heterocycles. The van der Waals surface area contributed by atoms with Crippen molar-refractivity contribution in [3.05, 3.63) is 0 Å². The molecule has 0 amide bonds. The molecule has 0 radical (unpaired) electrons. The van der Waals surface area contributed by atoms with Gasteiger partial charge in [0.05, 0.1) is 12.7 Å². The van der Waals surface area contributed by atoms with Crippen molar-refractivity contribution in [2.75, 3.05) is 20.2 Å². The van der Waals surface area contributed by atoms with Crippen LogP contribution in [0.5, 0.6) is 0 Å². The highest BCUT2D eigenvalue weighted by Crippen LogP contribution is 2.27. The maximum absolute atomic E-state index is 5.25. The van der Waals surface area contributed by atoms with Crippen molar-refractivity contribution >= 4 is 0 Å². The number of nitrogens with zero attached hydrogens (tertiary/aromatic N) is 1. The maximum atomic E-state index is 5.25. The van der Waals surface area contributed by atoms with Gasteiger partial charge in [0.1, 0.15) is 0 Å².